The van der Waals surface area contributed by atoms with Crippen molar-refractivity contribution in [2.24, 2.45) is 0 Å². The highest BCUT2D eigenvalue weighted by atomic mass is 16.5. The summed E-state index contributed by atoms with van der Waals surface area (Å²) in [7, 11) is 0. The van der Waals surface area contributed by atoms with Gasteiger partial charge in [-0.25, -0.2) is 0 Å². The molecular weight excluding hydrogens is 316 g/mol. The second-order valence-corrected chi connectivity index (χ2v) is 5.81. The van der Waals surface area contributed by atoms with E-state index in [4.69, 9.17) is 14.4 Å². The van der Waals surface area contributed by atoms with Crippen molar-refractivity contribution in [2.45, 2.75) is 26.0 Å². The average Bonchev–Trinajstić information content (AvgIpc) is 3.06. The molecule has 0 bridgehead atoms. The van der Waals surface area contributed by atoms with Crippen LogP contribution in [-0.2, 0) is 4.79 Å². The van der Waals surface area contributed by atoms with Gasteiger partial charge in [-0.05, 0) is 50.2 Å². The molecule has 1 heterocycles. The van der Waals surface area contributed by atoms with E-state index in [0.29, 0.717) is 17.1 Å². The third-order valence-electron chi connectivity index (χ3n) is 3.90. The molecule has 0 radical (unpaired) electrons. The first-order chi connectivity index (χ1) is 12.1. The van der Waals surface area contributed by atoms with E-state index in [9.17, 15) is 4.79 Å². The van der Waals surface area contributed by atoms with Crippen molar-refractivity contribution >= 4 is 16.9 Å². The maximum absolute atomic E-state index is 12.3. The Labute approximate surface area is 145 Å². The van der Waals surface area contributed by atoms with Gasteiger partial charge in [0.1, 0.15) is 17.1 Å². The Morgan fingerprint density at radius 1 is 1.16 bits per heavy atom. The molecule has 0 unspecified atom stereocenters. The molecule has 0 saturated carbocycles. The Balaban J connectivity index is 1.62. The van der Waals surface area contributed by atoms with Crippen LogP contribution in [0.3, 0.4) is 0 Å². The van der Waals surface area contributed by atoms with Crippen LogP contribution in [0.5, 0.6) is 5.75 Å². The molecule has 5 heteroatoms. The predicted octanol–water partition coefficient (Wildman–Crippen LogP) is 3.95. The van der Waals surface area contributed by atoms with Gasteiger partial charge in [-0.2, -0.15) is 5.26 Å². The molecule has 0 fully saturated rings. The summed E-state index contributed by atoms with van der Waals surface area (Å²) < 4.78 is 11.4. The Hall–Kier alpha value is -3.26. The molecule has 0 spiro atoms. The summed E-state index contributed by atoms with van der Waals surface area (Å²) in [4.78, 5) is 12.3. The fraction of sp³-hybridized carbons (Fsp3) is 0.200. The zero-order valence-electron chi connectivity index (χ0n) is 14.0. The lowest BCUT2D eigenvalue weighted by molar-refractivity contribution is -0.128. The Morgan fingerprint density at radius 3 is 2.56 bits per heavy atom. The van der Waals surface area contributed by atoms with Crippen molar-refractivity contribution < 1.29 is 13.9 Å². The van der Waals surface area contributed by atoms with E-state index in [1.807, 2.05) is 43.3 Å². The molecule has 1 aromatic heterocycles. The van der Waals surface area contributed by atoms with E-state index in [1.165, 1.54) is 0 Å². The molecule has 3 rings (SSSR count). The third-order valence-corrected chi connectivity index (χ3v) is 3.90. The van der Waals surface area contributed by atoms with E-state index >= 15 is 0 Å². The average molecular weight is 334 g/mol. The molecule has 0 aliphatic heterocycles. The van der Waals surface area contributed by atoms with Gasteiger partial charge < -0.3 is 14.5 Å². The summed E-state index contributed by atoms with van der Waals surface area (Å²) in [6, 6.07) is 18.0. The molecule has 2 atom stereocenters. The minimum absolute atomic E-state index is 0.239. The van der Waals surface area contributed by atoms with Crippen LogP contribution < -0.4 is 10.1 Å². The molecule has 0 aliphatic carbocycles. The Bertz CT molecular complexity index is 889. The van der Waals surface area contributed by atoms with Crippen LogP contribution in [-0.4, -0.2) is 12.0 Å². The maximum atomic E-state index is 12.3. The summed E-state index contributed by atoms with van der Waals surface area (Å²) in [6.45, 7) is 3.54. The van der Waals surface area contributed by atoms with Gasteiger partial charge in [-0.15, -0.1) is 0 Å². The lowest BCUT2D eigenvalue weighted by atomic mass is 10.2. The van der Waals surface area contributed by atoms with Crippen LogP contribution in [0.2, 0.25) is 0 Å². The first-order valence-electron chi connectivity index (χ1n) is 8.02. The first-order valence-corrected chi connectivity index (χ1v) is 8.02. The molecule has 3 aromatic rings. The van der Waals surface area contributed by atoms with Crippen molar-refractivity contribution in [3.63, 3.8) is 0 Å². The van der Waals surface area contributed by atoms with Crippen LogP contribution in [0, 0.1) is 11.3 Å². The quantitative estimate of drug-likeness (QED) is 0.766. The van der Waals surface area contributed by atoms with E-state index in [0.717, 1.165) is 11.0 Å². The van der Waals surface area contributed by atoms with Crippen LogP contribution in [0.25, 0.3) is 11.0 Å². The number of hydrogen-bond acceptors (Lipinski definition) is 4. The highest BCUT2D eigenvalue weighted by Gasteiger charge is 2.19. The summed E-state index contributed by atoms with van der Waals surface area (Å²) in [6.07, 6.45) is -0.667. The number of hydrogen-bond donors (Lipinski definition) is 1. The molecule has 0 aliphatic rings. The second-order valence-electron chi connectivity index (χ2n) is 5.81. The number of carbonyl (C=O) groups excluding carboxylic acids is 1. The number of ether oxygens (including phenoxy) is 1. The lowest BCUT2D eigenvalue weighted by Gasteiger charge is -2.17. The molecule has 1 amide bonds. The summed E-state index contributed by atoms with van der Waals surface area (Å²) in [5, 5.41) is 12.7. The fourth-order valence-electron chi connectivity index (χ4n) is 2.48. The molecule has 2 aromatic carbocycles. The maximum Gasteiger partial charge on any atom is 0.261 e. The summed E-state index contributed by atoms with van der Waals surface area (Å²) in [5.74, 6) is 0.996. The van der Waals surface area contributed by atoms with Crippen molar-refractivity contribution in [2.75, 3.05) is 0 Å². The molecule has 1 N–H and O–H groups in total. The van der Waals surface area contributed by atoms with Crippen molar-refractivity contribution in [1.29, 1.82) is 5.26 Å². The van der Waals surface area contributed by atoms with Crippen molar-refractivity contribution in [3.8, 4) is 11.8 Å². The number of amides is 1. The SMILES string of the molecule is C[C@H](Oc1ccc(C#N)cc1)C(=O)N[C@@H](C)c1cc2ccccc2o1. The van der Waals surface area contributed by atoms with Gasteiger partial charge in [0.15, 0.2) is 6.10 Å². The van der Waals surface area contributed by atoms with Crippen molar-refractivity contribution in [1.82, 2.24) is 5.32 Å². The number of nitrogens with one attached hydrogen (secondary N) is 1. The normalized spacial score (nSPS) is 13.0. The number of rotatable bonds is 5. The minimum atomic E-state index is -0.667. The smallest absolute Gasteiger partial charge is 0.261 e. The number of fused-ring (bicyclic) bond motifs is 1. The zero-order valence-corrected chi connectivity index (χ0v) is 14.0. The van der Waals surface area contributed by atoms with Crippen LogP contribution >= 0.6 is 0 Å². The first kappa shape index (κ1) is 16.6. The lowest BCUT2D eigenvalue weighted by Crippen LogP contribution is -2.37. The number of nitrogens with zero attached hydrogens (tertiary/aromatic N) is 1. The standard InChI is InChI=1S/C20H18N2O3/c1-13(19-11-16-5-3-4-6-18(16)25-19)22-20(23)14(2)24-17-9-7-15(12-21)8-10-17/h3-11,13-14H,1-2H3,(H,22,23)/t13-,14-/m0/s1. The highest BCUT2D eigenvalue weighted by Crippen LogP contribution is 2.23. The van der Waals surface area contributed by atoms with E-state index in [2.05, 4.69) is 5.32 Å². The topological polar surface area (TPSA) is 75.3 Å². The molecule has 0 saturated heterocycles. The van der Waals surface area contributed by atoms with E-state index in [-0.39, 0.29) is 11.9 Å². The van der Waals surface area contributed by atoms with Gasteiger partial charge >= 0.3 is 0 Å². The fourth-order valence-corrected chi connectivity index (χ4v) is 2.48. The van der Waals surface area contributed by atoms with Crippen molar-refractivity contribution in [3.05, 3.63) is 65.9 Å². The number of carbonyl (C=O) groups is 1. The third kappa shape index (κ3) is 3.81. The van der Waals surface area contributed by atoms with Gasteiger partial charge in [-0.3, -0.25) is 4.79 Å². The molecular formula is C20H18N2O3. The Kier molecular flexibility index (Phi) is 4.71. The summed E-state index contributed by atoms with van der Waals surface area (Å²) >= 11 is 0. The number of para-hydroxylation sites is 1. The number of furan rings is 1. The Morgan fingerprint density at radius 2 is 1.88 bits per heavy atom. The second kappa shape index (κ2) is 7.10. The minimum Gasteiger partial charge on any atom is -0.481 e. The van der Waals surface area contributed by atoms with E-state index < -0.39 is 6.10 Å². The molecule has 126 valence electrons. The highest BCUT2D eigenvalue weighted by molar-refractivity contribution is 5.82. The van der Waals surface area contributed by atoms with Gasteiger partial charge in [0.05, 0.1) is 17.7 Å². The van der Waals surface area contributed by atoms with Crippen LogP contribution in [0.15, 0.2) is 59.0 Å². The predicted molar refractivity (Wildman–Crippen MR) is 94.0 cm³/mol. The number of benzene rings is 2. The van der Waals surface area contributed by atoms with Crippen LogP contribution in [0.4, 0.5) is 0 Å². The van der Waals surface area contributed by atoms with Gasteiger partial charge in [0.25, 0.3) is 5.91 Å². The zero-order chi connectivity index (χ0) is 17.8. The van der Waals surface area contributed by atoms with Gasteiger partial charge in [-0.1, -0.05) is 18.2 Å². The van der Waals surface area contributed by atoms with Gasteiger partial charge in [0, 0.05) is 5.39 Å². The number of nitriles is 1. The van der Waals surface area contributed by atoms with Gasteiger partial charge in [0.2, 0.25) is 0 Å². The van der Waals surface area contributed by atoms with E-state index in [1.54, 1.807) is 31.2 Å². The monoisotopic (exact) mass is 334 g/mol. The summed E-state index contributed by atoms with van der Waals surface area (Å²) in [5.41, 5.74) is 1.34. The molecule has 5 nitrogen and oxygen atoms in total. The largest absolute Gasteiger partial charge is 0.481 e. The molecule has 25 heavy (non-hydrogen) atoms. The van der Waals surface area contributed by atoms with Crippen LogP contribution in [0.1, 0.15) is 31.2 Å².